The van der Waals surface area contributed by atoms with Crippen LogP contribution in [-0.2, 0) is 4.79 Å². The normalized spacial score (nSPS) is 26.5. The second-order valence-corrected chi connectivity index (χ2v) is 9.34. The van der Waals surface area contributed by atoms with Crippen molar-refractivity contribution in [2.45, 2.75) is 62.8 Å². The third-order valence-corrected chi connectivity index (χ3v) is 7.38. The van der Waals surface area contributed by atoms with Crippen LogP contribution < -0.4 is 10.6 Å². The van der Waals surface area contributed by atoms with Gasteiger partial charge in [0.05, 0.1) is 5.75 Å². The molecule has 1 amide bonds. The van der Waals surface area contributed by atoms with Gasteiger partial charge in [0.1, 0.15) is 0 Å². The maximum absolute atomic E-state index is 12.2. The van der Waals surface area contributed by atoms with E-state index in [1.807, 2.05) is 0 Å². The lowest BCUT2D eigenvalue weighted by molar-refractivity contribution is -0.119. The van der Waals surface area contributed by atoms with Crippen LogP contribution in [0, 0.1) is 17.8 Å². The van der Waals surface area contributed by atoms with Gasteiger partial charge in [-0.1, -0.05) is 42.9 Å². The lowest BCUT2D eigenvalue weighted by Crippen LogP contribution is -2.40. The maximum Gasteiger partial charge on any atom is 0.230 e. The Kier molecular flexibility index (Phi) is 6.38. The summed E-state index contributed by atoms with van der Waals surface area (Å²) in [6.07, 6.45) is 7.76. The fourth-order valence-electron chi connectivity index (χ4n) is 4.15. The largest absolute Gasteiger partial charge is 0.360 e. The molecule has 2 fully saturated rings. The zero-order valence-electron chi connectivity index (χ0n) is 14.6. The molecule has 2 saturated carbocycles. The van der Waals surface area contributed by atoms with Crippen LogP contribution in [-0.4, -0.2) is 34.4 Å². The van der Waals surface area contributed by atoms with E-state index in [4.69, 9.17) is 0 Å². The fourth-order valence-corrected chi connectivity index (χ4v) is 5.74. The van der Waals surface area contributed by atoms with Crippen molar-refractivity contribution >= 4 is 34.1 Å². The Balaban J connectivity index is 1.38. The first-order valence-electron chi connectivity index (χ1n) is 9.15. The summed E-state index contributed by atoms with van der Waals surface area (Å²) >= 11 is 3.01. The predicted octanol–water partition coefficient (Wildman–Crippen LogP) is 3.78. The molecular weight excluding hydrogens is 340 g/mol. The molecule has 4 atom stereocenters. The van der Waals surface area contributed by atoms with Crippen LogP contribution in [0.5, 0.6) is 0 Å². The topological polar surface area (TPSA) is 66.9 Å². The number of fused-ring (bicyclic) bond motifs is 2. The summed E-state index contributed by atoms with van der Waals surface area (Å²) in [5.41, 5.74) is 0. The smallest absolute Gasteiger partial charge is 0.230 e. The summed E-state index contributed by atoms with van der Waals surface area (Å²) in [5.74, 6) is 3.00. The Bertz CT molecular complexity index is 550. The number of unbranched alkanes of at least 4 members (excludes halogenated alkanes) is 1. The number of carbonyl (C=O) groups excluding carboxylic acids is 1. The van der Waals surface area contributed by atoms with Crippen LogP contribution in [0.3, 0.4) is 0 Å². The first-order chi connectivity index (χ1) is 11.7. The molecule has 2 N–H and O–H groups in total. The summed E-state index contributed by atoms with van der Waals surface area (Å²) in [4.78, 5) is 12.2. The molecule has 0 saturated heterocycles. The zero-order valence-corrected chi connectivity index (χ0v) is 16.2. The van der Waals surface area contributed by atoms with Crippen molar-refractivity contribution in [3.63, 3.8) is 0 Å². The molecule has 134 valence electrons. The average molecular weight is 369 g/mol. The van der Waals surface area contributed by atoms with E-state index in [1.54, 1.807) is 0 Å². The standard InChI is InChI=1S/C17H28N4OS2/c1-3-4-7-18-16-20-21-17(24-16)23-10-15(22)19-11(2)14-9-12-5-6-13(14)8-12/h11-14H,3-10H2,1-2H3,(H,18,20)(H,19,22). The summed E-state index contributed by atoms with van der Waals surface area (Å²) < 4.78 is 0.858. The second-order valence-electron chi connectivity index (χ2n) is 7.14. The van der Waals surface area contributed by atoms with Gasteiger partial charge in [0.15, 0.2) is 4.34 Å². The Morgan fingerprint density at radius 3 is 2.96 bits per heavy atom. The molecule has 5 nitrogen and oxygen atoms in total. The molecule has 2 bridgehead atoms. The fraction of sp³-hybridized carbons (Fsp3) is 0.824. The molecule has 2 aliphatic rings. The highest BCUT2D eigenvalue weighted by Crippen LogP contribution is 2.49. The molecule has 1 heterocycles. The Hall–Kier alpha value is -0.820. The van der Waals surface area contributed by atoms with Crippen LogP contribution >= 0.6 is 23.1 Å². The van der Waals surface area contributed by atoms with Gasteiger partial charge in [0, 0.05) is 12.6 Å². The summed E-state index contributed by atoms with van der Waals surface area (Å²) in [6.45, 7) is 5.27. The predicted molar refractivity (Wildman–Crippen MR) is 101 cm³/mol. The number of hydrogen-bond acceptors (Lipinski definition) is 6. The lowest BCUT2D eigenvalue weighted by atomic mass is 9.84. The first-order valence-corrected chi connectivity index (χ1v) is 11.0. The number of rotatable bonds is 9. The van der Waals surface area contributed by atoms with E-state index < -0.39 is 0 Å². The monoisotopic (exact) mass is 368 g/mol. The number of anilines is 1. The van der Waals surface area contributed by atoms with Crippen LogP contribution in [0.4, 0.5) is 5.13 Å². The number of nitrogens with one attached hydrogen (secondary N) is 2. The zero-order chi connectivity index (χ0) is 16.9. The first kappa shape index (κ1) is 18.0. The molecule has 0 aliphatic heterocycles. The van der Waals surface area contributed by atoms with Gasteiger partial charge in [-0.3, -0.25) is 4.79 Å². The molecule has 0 radical (unpaired) electrons. The molecule has 0 spiro atoms. The molecule has 2 aliphatic carbocycles. The van der Waals surface area contributed by atoms with Gasteiger partial charge < -0.3 is 10.6 Å². The van der Waals surface area contributed by atoms with E-state index in [2.05, 4.69) is 34.7 Å². The Morgan fingerprint density at radius 2 is 2.25 bits per heavy atom. The van der Waals surface area contributed by atoms with Crippen molar-refractivity contribution in [2.75, 3.05) is 17.6 Å². The van der Waals surface area contributed by atoms with E-state index in [0.717, 1.165) is 40.7 Å². The molecule has 0 aromatic carbocycles. The minimum atomic E-state index is 0.117. The number of nitrogens with zero attached hydrogens (tertiary/aromatic N) is 2. The van der Waals surface area contributed by atoms with Crippen molar-refractivity contribution in [2.24, 2.45) is 17.8 Å². The minimum Gasteiger partial charge on any atom is -0.360 e. The van der Waals surface area contributed by atoms with Gasteiger partial charge in [0.2, 0.25) is 11.0 Å². The minimum absolute atomic E-state index is 0.117. The molecule has 24 heavy (non-hydrogen) atoms. The van der Waals surface area contributed by atoms with Gasteiger partial charge in [-0.05, 0) is 50.4 Å². The molecule has 3 rings (SSSR count). The number of thioether (sulfide) groups is 1. The van der Waals surface area contributed by atoms with E-state index in [-0.39, 0.29) is 5.91 Å². The van der Waals surface area contributed by atoms with Crippen LogP contribution in [0.1, 0.15) is 52.4 Å². The number of aromatic nitrogens is 2. The number of amides is 1. The van der Waals surface area contributed by atoms with E-state index in [9.17, 15) is 4.79 Å². The summed E-state index contributed by atoms with van der Waals surface area (Å²) in [6, 6.07) is 0.300. The summed E-state index contributed by atoms with van der Waals surface area (Å²) in [7, 11) is 0. The number of hydrogen-bond donors (Lipinski definition) is 2. The quantitative estimate of drug-likeness (QED) is 0.513. The average Bonchev–Trinajstić information content (AvgIpc) is 3.30. The molecule has 1 aromatic heterocycles. The van der Waals surface area contributed by atoms with Gasteiger partial charge in [-0.25, -0.2) is 0 Å². The third-order valence-electron chi connectivity index (χ3n) is 5.36. The van der Waals surface area contributed by atoms with Gasteiger partial charge >= 0.3 is 0 Å². The Morgan fingerprint density at radius 1 is 1.38 bits per heavy atom. The van der Waals surface area contributed by atoms with Crippen molar-refractivity contribution in [3.05, 3.63) is 0 Å². The molecule has 7 heteroatoms. The van der Waals surface area contributed by atoms with Crippen LogP contribution in [0.15, 0.2) is 4.34 Å². The Labute approximate surface area is 152 Å². The summed E-state index contributed by atoms with van der Waals surface area (Å²) in [5, 5.41) is 15.6. The van der Waals surface area contributed by atoms with Crippen molar-refractivity contribution in [1.82, 2.24) is 15.5 Å². The molecular formula is C17H28N4OS2. The second kappa shape index (κ2) is 8.52. The maximum atomic E-state index is 12.2. The van der Waals surface area contributed by atoms with Crippen molar-refractivity contribution < 1.29 is 4.79 Å². The highest BCUT2D eigenvalue weighted by Gasteiger charge is 2.42. The van der Waals surface area contributed by atoms with E-state index in [0.29, 0.717) is 17.7 Å². The third kappa shape index (κ3) is 4.63. The van der Waals surface area contributed by atoms with E-state index >= 15 is 0 Å². The van der Waals surface area contributed by atoms with Crippen LogP contribution in [0.2, 0.25) is 0 Å². The molecule has 1 aromatic rings. The van der Waals surface area contributed by atoms with Gasteiger partial charge in [-0.15, -0.1) is 10.2 Å². The number of carbonyl (C=O) groups is 1. The highest BCUT2D eigenvalue weighted by molar-refractivity contribution is 8.01. The highest BCUT2D eigenvalue weighted by atomic mass is 32.2. The van der Waals surface area contributed by atoms with Gasteiger partial charge in [-0.2, -0.15) is 0 Å². The van der Waals surface area contributed by atoms with Crippen LogP contribution in [0.25, 0.3) is 0 Å². The van der Waals surface area contributed by atoms with Gasteiger partial charge in [0.25, 0.3) is 0 Å². The van der Waals surface area contributed by atoms with Crippen molar-refractivity contribution in [3.8, 4) is 0 Å². The van der Waals surface area contributed by atoms with Crippen molar-refractivity contribution in [1.29, 1.82) is 0 Å². The molecule has 4 unspecified atom stereocenters. The SMILES string of the molecule is CCCCNc1nnc(SCC(=O)NC(C)C2CC3CCC2C3)s1. The lowest BCUT2D eigenvalue weighted by Gasteiger charge is -2.28. The van der Waals surface area contributed by atoms with E-state index in [1.165, 1.54) is 48.8 Å².